The van der Waals surface area contributed by atoms with E-state index in [-0.39, 0.29) is 42.2 Å². The first-order chi connectivity index (χ1) is 10.7. The molecule has 2 aliphatic rings. The summed E-state index contributed by atoms with van der Waals surface area (Å²) in [4.78, 5) is 31.3. The van der Waals surface area contributed by atoms with Gasteiger partial charge in [-0.1, -0.05) is 0 Å². The fourth-order valence-electron chi connectivity index (χ4n) is 2.98. The Morgan fingerprint density at radius 1 is 1.22 bits per heavy atom. The highest BCUT2D eigenvalue weighted by atomic mass is 32.2. The standard InChI is InChI=1S/C13H18N4O4S2/c1-8-13(22-9(2)14-8)23(20,21)16-4-5-17-10(6-16)12(19)15(3)7-11(17)18/h10H,4-7H2,1-3H3. The van der Waals surface area contributed by atoms with Crippen LogP contribution in [-0.2, 0) is 19.6 Å². The minimum absolute atomic E-state index is 0.00632. The number of rotatable bonds is 2. The number of aryl methyl sites for hydroxylation is 2. The second-order valence-electron chi connectivity index (χ2n) is 5.77. The van der Waals surface area contributed by atoms with Gasteiger partial charge in [-0.3, -0.25) is 9.59 Å². The molecule has 0 N–H and O–H groups in total. The lowest BCUT2D eigenvalue weighted by Gasteiger charge is -2.44. The molecule has 1 atom stereocenters. The fraction of sp³-hybridized carbons (Fsp3) is 0.615. The molecule has 0 aromatic carbocycles. The lowest BCUT2D eigenvalue weighted by atomic mass is 10.1. The van der Waals surface area contributed by atoms with Gasteiger partial charge in [0.2, 0.25) is 11.8 Å². The Kier molecular flexibility index (Phi) is 3.93. The van der Waals surface area contributed by atoms with E-state index in [1.807, 2.05) is 0 Å². The fourth-order valence-corrected chi connectivity index (χ4v) is 6.04. The predicted molar refractivity (Wildman–Crippen MR) is 83.5 cm³/mol. The molecule has 8 nitrogen and oxygen atoms in total. The number of thiazole rings is 1. The van der Waals surface area contributed by atoms with Gasteiger partial charge in [0, 0.05) is 26.7 Å². The highest BCUT2D eigenvalue weighted by Crippen LogP contribution is 2.28. The number of piperazine rings is 2. The maximum Gasteiger partial charge on any atom is 0.254 e. The van der Waals surface area contributed by atoms with Gasteiger partial charge in [0.25, 0.3) is 10.0 Å². The second-order valence-corrected chi connectivity index (χ2v) is 9.10. The third kappa shape index (κ3) is 2.64. The summed E-state index contributed by atoms with van der Waals surface area (Å²) in [6.07, 6.45) is 0. The average molecular weight is 358 g/mol. The normalized spacial score (nSPS) is 23.3. The van der Waals surface area contributed by atoms with Gasteiger partial charge in [-0.15, -0.1) is 11.3 Å². The van der Waals surface area contributed by atoms with Crippen LogP contribution in [0.5, 0.6) is 0 Å². The molecule has 1 aromatic rings. The molecule has 0 aliphatic carbocycles. The van der Waals surface area contributed by atoms with Crippen LogP contribution in [0.4, 0.5) is 0 Å². The maximum absolute atomic E-state index is 12.8. The summed E-state index contributed by atoms with van der Waals surface area (Å²) < 4.78 is 27.2. The van der Waals surface area contributed by atoms with E-state index in [0.29, 0.717) is 10.7 Å². The van der Waals surface area contributed by atoms with E-state index in [9.17, 15) is 18.0 Å². The van der Waals surface area contributed by atoms with Crippen molar-refractivity contribution in [2.24, 2.45) is 0 Å². The van der Waals surface area contributed by atoms with Crippen molar-refractivity contribution in [3.8, 4) is 0 Å². The van der Waals surface area contributed by atoms with Gasteiger partial charge in [0.05, 0.1) is 17.2 Å². The Morgan fingerprint density at radius 3 is 2.52 bits per heavy atom. The summed E-state index contributed by atoms with van der Waals surface area (Å²) >= 11 is 1.13. The zero-order valence-electron chi connectivity index (χ0n) is 13.1. The molecule has 23 heavy (non-hydrogen) atoms. The number of hydrogen-bond acceptors (Lipinski definition) is 6. The zero-order valence-corrected chi connectivity index (χ0v) is 14.8. The Balaban J connectivity index is 1.90. The molecular weight excluding hydrogens is 340 g/mol. The molecule has 0 radical (unpaired) electrons. The summed E-state index contributed by atoms with van der Waals surface area (Å²) in [6, 6.07) is -0.737. The highest BCUT2D eigenvalue weighted by Gasteiger charge is 2.44. The zero-order chi connectivity index (χ0) is 16.9. The quantitative estimate of drug-likeness (QED) is 0.706. The van der Waals surface area contributed by atoms with Crippen molar-refractivity contribution in [2.45, 2.75) is 24.1 Å². The molecule has 1 aromatic heterocycles. The van der Waals surface area contributed by atoms with Gasteiger partial charge < -0.3 is 9.80 Å². The van der Waals surface area contributed by atoms with Crippen LogP contribution in [0.3, 0.4) is 0 Å². The van der Waals surface area contributed by atoms with E-state index in [2.05, 4.69) is 4.98 Å². The topological polar surface area (TPSA) is 90.9 Å². The predicted octanol–water partition coefficient (Wildman–Crippen LogP) is -0.567. The Labute approximate surface area is 138 Å². The summed E-state index contributed by atoms with van der Waals surface area (Å²) in [6.45, 7) is 3.89. The number of nitrogens with zero attached hydrogens (tertiary/aromatic N) is 4. The summed E-state index contributed by atoms with van der Waals surface area (Å²) in [5.41, 5.74) is 0.470. The third-order valence-corrected chi connectivity index (χ3v) is 7.66. The molecule has 1 unspecified atom stereocenters. The highest BCUT2D eigenvalue weighted by molar-refractivity contribution is 7.91. The van der Waals surface area contributed by atoms with E-state index in [1.165, 1.54) is 14.1 Å². The van der Waals surface area contributed by atoms with Crippen LogP contribution >= 0.6 is 11.3 Å². The number of aromatic nitrogens is 1. The number of amides is 2. The van der Waals surface area contributed by atoms with Crippen LogP contribution in [0, 0.1) is 13.8 Å². The lowest BCUT2D eigenvalue weighted by molar-refractivity contribution is -0.156. The van der Waals surface area contributed by atoms with Gasteiger partial charge in [0.15, 0.2) is 4.21 Å². The first-order valence-electron chi connectivity index (χ1n) is 7.20. The molecule has 0 spiro atoms. The Hall–Kier alpha value is -1.52. The van der Waals surface area contributed by atoms with Crippen LogP contribution in [0.2, 0.25) is 0 Å². The van der Waals surface area contributed by atoms with E-state index in [4.69, 9.17) is 0 Å². The van der Waals surface area contributed by atoms with Crippen molar-refractivity contribution in [1.29, 1.82) is 0 Å². The smallest absolute Gasteiger partial charge is 0.254 e. The van der Waals surface area contributed by atoms with Gasteiger partial charge >= 0.3 is 0 Å². The molecule has 10 heteroatoms. The van der Waals surface area contributed by atoms with Crippen LogP contribution in [-0.4, -0.2) is 78.6 Å². The minimum Gasteiger partial charge on any atom is -0.335 e. The lowest BCUT2D eigenvalue weighted by Crippen LogP contribution is -2.66. The third-order valence-electron chi connectivity index (χ3n) is 4.13. The van der Waals surface area contributed by atoms with E-state index in [0.717, 1.165) is 11.3 Å². The van der Waals surface area contributed by atoms with Crippen molar-refractivity contribution in [1.82, 2.24) is 19.1 Å². The average Bonchev–Trinajstić information content (AvgIpc) is 2.84. The van der Waals surface area contributed by atoms with Crippen molar-refractivity contribution in [2.75, 3.05) is 33.2 Å². The first-order valence-corrected chi connectivity index (χ1v) is 9.46. The van der Waals surface area contributed by atoms with E-state index >= 15 is 0 Å². The molecule has 3 heterocycles. The van der Waals surface area contributed by atoms with Crippen molar-refractivity contribution in [3.63, 3.8) is 0 Å². The number of carbonyl (C=O) groups excluding carboxylic acids is 2. The number of likely N-dealkylation sites (N-methyl/N-ethyl adjacent to an activating group) is 1. The van der Waals surface area contributed by atoms with Crippen molar-refractivity contribution in [3.05, 3.63) is 10.7 Å². The van der Waals surface area contributed by atoms with Crippen molar-refractivity contribution < 1.29 is 18.0 Å². The monoisotopic (exact) mass is 358 g/mol. The largest absolute Gasteiger partial charge is 0.335 e. The van der Waals surface area contributed by atoms with Crippen LogP contribution in [0.15, 0.2) is 4.21 Å². The van der Waals surface area contributed by atoms with E-state index in [1.54, 1.807) is 20.9 Å². The molecule has 2 fully saturated rings. The van der Waals surface area contributed by atoms with Crippen LogP contribution in [0.1, 0.15) is 10.7 Å². The van der Waals surface area contributed by atoms with Crippen molar-refractivity contribution >= 4 is 33.2 Å². The van der Waals surface area contributed by atoms with E-state index < -0.39 is 16.1 Å². The first kappa shape index (κ1) is 16.3. The molecule has 0 bridgehead atoms. The maximum atomic E-state index is 12.8. The number of fused-ring (bicyclic) bond motifs is 1. The van der Waals surface area contributed by atoms with Gasteiger partial charge in [-0.05, 0) is 13.8 Å². The summed E-state index contributed by atoms with van der Waals surface area (Å²) in [5.74, 6) is -0.360. The molecule has 0 saturated carbocycles. The van der Waals surface area contributed by atoms with Gasteiger partial charge in [-0.2, -0.15) is 4.31 Å². The molecule has 2 amide bonds. The molecule has 3 rings (SSSR count). The molecule has 2 aliphatic heterocycles. The van der Waals surface area contributed by atoms with Gasteiger partial charge in [-0.25, -0.2) is 13.4 Å². The number of carbonyl (C=O) groups is 2. The number of hydrogen-bond donors (Lipinski definition) is 0. The Morgan fingerprint density at radius 2 is 1.91 bits per heavy atom. The SMILES string of the molecule is Cc1nc(C)c(S(=O)(=O)N2CCN3C(=O)CN(C)C(=O)C3C2)s1. The Bertz CT molecular complexity index is 773. The molecular formula is C13H18N4O4S2. The molecule has 126 valence electrons. The summed E-state index contributed by atoms with van der Waals surface area (Å²) in [7, 11) is -2.14. The number of sulfonamides is 1. The van der Waals surface area contributed by atoms with Crippen LogP contribution < -0.4 is 0 Å². The second kappa shape index (κ2) is 5.53. The minimum atomic E-state index is -3.70. The van der Waals surface area contributed by atoms with Gasteiger partial charge in [0.1, 0.15) is 6.04 Å². The summed E-state index contributed by atoms with van der Waals surface area (Å²) in [5, 5.41) is 0.684. The van der Waals surface area contributed by atoms with Crippen LogP contribution in [0.25, 0.3) is 0 Å². The molecule has 2 saturated heterocycles.